The van der Waals surface area contributed by atoms with Gasteiger partial charge in [0.2, 0.25) is 23.0 Å². The average Bonchev–Trinajstić information content (AvgIpc) is 3.25. The first-order valence-electron chi connectivity index (χ1n) is 14.6. The third-order valence-corrected chi connectivity index (χ3v) is 7.80. The van der Waals surface area contributed by atoms with E-state index in [4.69, 9.17) is 18.9 Å². The molecular formula is C34H41N3O7. The van der Waals surface area contributed by atoms with Crippen molar-refractivity contribution >= 4 is 17.5 Å². The van der Waals surface area contributed by atoms with Gasteiger partial charge in [0.1, 0.15) is 11.8 Å². The second-order valence-corrected chi connectivity index (χ2v) is 11.0. The van der Waals surface area contributed by atoms with Crippen molar-refractivity contribution in [3.63, 3.8) is 0 Å². The Labute approximate surface area is 258 Å². The van der Waals surface area contributed by atoms with Crippen molar-refractivity contribution in [1.82, 2.24) is 10.6 Å². The lowest BCUT2D eigenvalue weighted by Gasteiger charge is -2.22. The van der Waals surface area contributed by atoms with Crippen LogP contribution in [0.1, 0.15) is 49.9 Å². The normalized spacial score (nSPS) is 14.3. The van der Waals surface area contributed by atoms with Gasteiger partial charge in [-0.1, -0.05) is 32.0 Å². The maximum Gasteiger partial charge on any atom is 0.243 e. The number of carbonyl (C=O) groups is 2. The number of hydrogen-bond donors (Lipinski definition) is 3. The minimum absolute atomic E-state index is 0.127. The van der Waals surface area contributed by atoms with E-state index < -0.39 is 12.1 Å². The molecule has 44 heavy (non-hydrogen) atoms. The minimum atomic E-state index is -0.680. The van der Waals surface area contributed by atoms with Crippen molar-refractivity contribution in [3.8, 4) is 34.1 Å². The maximum absolute atomic E-state index is 13.8. The molecule has 3 aromatic rings. The molecular weight excluding hydrogens is 562 g/mol. The summed E-state index contributed by atoms with van der Waals surface area (Å²) < 4.78 is 22.3. The molecule has 1 aliphatic carbocycles. The van der Waals surface area contributed by atoms with E-state index in [0.29, 0.717) is 47.8 Å². The summed E-state index contributed by atoms with van der Waals surface area (Å²) in [7, 11) is 6.26. The number of anilines is 1. The predicted octanol–water partition coefficient (Wildman–Crippen LogP) is 4.62. The average molecular weight is 604 g/mol. The molecule has 0 spiro atoms. The number of methoxy groups -OCH3 is 4. The highest BCUT2D eigenvalue weighted by Gasteiger charge is 2.30. The first-order chi connectivity index (χ1) is 21.1. The molecule has 0 aliphatic heterocycles. The molecule has 3 N–H and O–H groups in total. The van der Waals surface area contributed by atoms with E-state index in [2.05, 4.69) is 16.0 Å². The number of ether oxygens (including phenoxy) is 4. The van der Waals surface area contributed by atoms with Crippen LogP contribution in [0.4, 0.5) is 5.69 Å². The van der Waals surface area contributed by atoms with Gasteiger partial charge in [-0.3, -0.25) is 14.4 Å². The van der Waals surface area contributed by atoms with Gasteiger partial charge in [-0.15, -0.1) is 0 Å². The number of benzene rings is 2. The number of aryl methyl sites for hydroxylation is 1. The van der Waals surface area contributed by atoms with Crippen LogP contribution >= 0.6 is 0 Å². The Bertz CT molecular complexity index is 1570. The first-order valence-corrected chi connectivity index (χ1v) is 14.6. The van der Waals surface area contributed by atoms with Gasteiger partial charge in [0, 0.05) is 19.0 Å². The summed E-state index contributed by atoms with van der Waals surface area (Å²) in [6.45, 7) is 5.62. The Balaban J connectivity index is 1.76. The molecule has 2 atom stereocenters. The molecule has 234 valence electrons. The van der Waals surface area contributed by atoms with Crippen LogP contribution in [-0.2, 0) is 22.6 Å². The number of hydrogen-bond acceptors (Lipinski definition) is 8. The molecule has 0 fully saturated rings. The fraction of sp³-hybridized carbons (Fsp3) is 0.382. The molecule has 0 unspecified atom stereocenters. The van der Waals surface area contributed by atoms with E-state index >= 15 is 0 Å². The molecule has 0 aromatic heterocycles. The van der Waals surface area contributed by atoms with E-state index in [0.717, 1.165) is 22.4 Å². The van der Waals surface area contributed by atoms with Crippen LogP contribution in [0, 0.1) is 5.92 Å². The van der Waals surface area contributed by atoms with Crippen LogP contribution in [0.3, 0.4) is 0 Å². The topological polar surface area (TPSA) is 124 Å². The van der Waals surface area contributed by atoms with Crippen LogP contribution in [0.5, 0.6) is 23.0 Å². The Morgan fingerprint density at radius 2 is 1.61 bits per heavy atom. The van der Waals surface area contributed by atoms with Gasteiger partial charge < -0.3 is 34.9 Å². The Morgan fingerprint density at radius 3 is 2.20 bits per heavy atom. The second-order valence-electron chi connectivity index (χ2n) is 11.0. The standard InChI is InChI=1S/C34H41N3O7/c1-19(2)31(34(40)35-18-21-8-11-23(41-4)12-9-21)37-27-15-13-24-25(17-28(27)39)26(36-20(3)38)14-10-22-16-29(42-5)32(43-6)33(44-7)30(22)24/h8-9,11-13,15-17,19,26,31H,10,14,18H2,1-7H3,(H,35,40)(H,36,38)(H,37,39)/t26-,31-/m1/s1. The zero-order chi connectivity index (χ0) is 32.0. The fourth-order valence-electron chi connectivity index (χ4n) is 5.57. The lowest BCUT2D eigenvalue weighted by molar-refractivity contribution is -0.123. The van der Waals surface area contributed by atoms with E-state index in [9.17, 15) is 14.4 Å². The van der Waals surface area contributed by atoms with Crippen molar-refractivity contribution in [2.75, 3.05) is 33.8 Å². The molecule has 3 aromatic carbocycles. The largest absolute Gasteiger partial charge is 0.497 e. The van der Waals surface area contributed by atoms with Crippen LogP contribution in [0.2, 0.25) is 0 Å². The van der Waals surface area contributed by atoms with Crippen LogP contribution < -0.4 is 40.3 Å². The molecule has 0 saturated carbocycles. The van der Waals surface area contributed by atoms with Crippen molar-refractivity contribution in [1.29, 1.82) is 0 Å². The van der Waals surface area contributed by atoms with Gasteiger partial charge in [0.15, 0.2) is 11.5 Å². The quantitative estimate of drug-likeness (QED) is 0.290. The van der Waals surface area contributed by atoms with Gasteiger partial charge in [-0.05, 0) is 71.3 Å². The second kappa shape index (κ2) is 14.2. The van der Waals surface area contributed by atoms with Crippen LogP contribution in [0.25, 0.3) is 11.1 Å². The van der Waals surface area contributed by atoms with Crippen LogP contribution in [0.15, 0.2) is 53.3 Å². The lowest BCUT2D eigenvalue weighted by Crippen LogP contribution is -2.43. The monoisotopic (exact) mass is 603 g/mol. The van der Waals surface area contributed by atoms with Crippen molar-refractivity contribution < 1.29 is 28.5 Å². The summed E-state index contributed by atoms with van der Waals surface area (Å²) in [4.78, 5) is 39.3. The van der Waals surface area contributed by atoms with E-state index in [1.54, 1.807) is 34.5 Å². The van der Waals surface area contributed by atoms with Gasteiger partial charge in [0.25, 0.3) is 0 Å². The van der Waals surface area contributed by atoms with Crippen molar-refractivity contribution in [2.45, 2.75) is 52.2 Å². The van der Waals surface area contributed by atoms with E-state index in [-0.39, 0.29) is 28.8 Å². The third-order valence-electron chi connectivity index (χ3n) is 7.80. The molecule has 0 bridgehead atoms. The summed E-state index contributed by atoms with van der Waals surface area (Å²) in [5.41, 5.74) is 3.92. The summed E-state index contributed by atoms with van der Waals surface area (Å²) in [6, 6.07) is 13.3. The highest BCUT2D eigenvalue weighted by Crippen LogP contribution is 2.50. The zero-order valence-corrected chi connectivity index (χ0v) is 26.3. The molecule has 4 rings (SSSR count). The van der Waals surface area contributed by atoms with Crippen LogP contribution in [-0.4, -0.2) is 46.3 Å². The summed E-state index contributed by atoms with van der Waals surface area (Å²) >= 11 is 0. The summed E-state index contributed by atoms with van der Waals surface area (Å²) in [5, 5.41) is 9.19. The third kappa shape index (κ3) is 6.90. The molecule has 0 radical (unpaired) electrons. The molecule has 0 saturated heterocycles. The number of fused-ring (bicyclic) bond motifs is 3. The Hall–Kier alpha value is -4.73. The van der Waals surface area contributed by atoms with Crippen molar-refractivity contribution in [3.05, 3.63) is 75.4 Å². The van der Waals surface area contributed by atoms with E-state index in [1.165, 1.54) is 13.0 Å². The molecule has 10 nitrogen and oxygen atoms in total. The van der Waals surface area contributed by atoms with Gasteiger partial charge in [-0.25, -0.2) is 0 Å². The molecule has 10 heteroatoms. The summed E-state index contributed by atoms with van der Waals surface area (Å²) in [6.07, 6.45) is 1.14. The summed E-state index contributed by atoms with van der Waals surface area (Å²) in [5.74, 6) is 1.59. The predicted molar refractivity (Wildman–Crippen MR) is 170 cm³/mol. The Kier molecular flexibility index (Phi) is 10.4. The number of amides is 2. The first kappa shape index (κ1) is 32.2. The number of nitrogens with one attached hydrogen (secondary N) is 3. The number of rotatable bonds is 11. The minimum Gasteiger partial charge on any atom is -0.497 e. The van der Waals surface area contributed by atoms with Gasteiger partial charge in [-0.2, -0.15) is 0 Å². The highest BCUT2D eigenvalue weighted by atomic mass is 16.5. The fourth-order valence-corrected chi connectivity index (χ4v) is 5.57. The van der Waals surface area contributed by atoms with E-state index in [1.807, 2.05) is 50.2 Å². The maximum atomic E-state index is 13.8. The SMILES string of the molecule is COc1ccc(CNC(=O)[C@H](Nc2ccc3c(cc2=O)[C@H](NC(C)=O)CCc2cc(OC)c(OC)c(OC)c2-3)C(C)C)cc1. The van der Waals surface area contributed by atoms with Gasteiger partial charge >= 0.3 is 0 Å². The smallest absolute Gasteiger partial charge is 0.243 e. The zero-order valence-electron chi connectivity index (χ0n) is 26.3. The molecule has 2 amide bonds. The molecule has 1 aliphatic rings. The highest BCUT2D eigenvalue weighted by molar-refractivity contribution is 5.86. The van der Waals surface area contributed by atoms with Gasteiger partial charge in [0.05, 0.1) is 40.2 Å². The van der Waals surface area contributed by atoms with Crippen molar-refractivity contribution in [2.24, 2.45) is 5.92 Å². The Morgan fingerprint density at radius 1 is 0.909 bits per heavy atom. The number of carbonyl (C=O) groups excluding carboxylic acids is 2. The lowest BCUT2D eigenvalue weighted by atomic mass is 9.95. The molecule has 0 heterocycles.